The van der Waals surface area contributed by atoms with Gasteiger partial charge in [-0.2, -0.15) is 0 Å². The van der Waals surface area contributed by atoms with Crippen LogP contribution >= 0.6 is 0 Å². The summed E-state index contributed by atoms with van der Waals surface area (Å²) in [5.74, 6) is 0. The van der Waals surface area contributed by atoms with E-state index in [9.17, 15) is 9.90 Å². The molecule has 3 unspecified atom stereocenters. The van der Waals surface area contributed by atoms with Crippen LogP contribution in [-0.4, -0.2) is 30.4 Å². The third-order valence-corrected chi connectivity index (χ3v) is 3.70. The standard InChI is InChI=1S/C15H22N2O3/c1-10(18)11-3-5-12(6-4-11)16-15(19)17-13-7-8-14(9-13)20-2/h3-6,10,13-14,18H,7-9H2,1-2H3,(H2,16,17,19). The van der Waals surface area contributed by atoms with Crippen LogP contribution in [0.4, 0.5) is 10.5 Å². The second-order valence-electron chi connectivity index (χ2n) is 5.26. The average molecular weight is 278 g/mol. The Bertz CT molecular complexity index is 445. The summed E-state index contributed by atoms with van der Waals surface area (Å²) in [7, 11) is 1.71. The lowest BCUT2D eigenvalue weighted by molar-refractivity contribution is 0.107. The van der Waals surface area contributed by atoms with E-state index in [4.69, 9.17) is 4.74 Å². The molecule has 0 spiro atoms. The lowest BCUT2D eigenvalue weighted by Gasteiger charge is -2.14. The number of anilines is 1. The highest BCUT2D eigenvalue weighted by Gasteiger charge is 2.25. The van der Waals surface area contributed by atoms with Crippen molar-refractivity contribution in [2.75, 3.05) is 12.4 Å². The summed E-state index contributed by atoms with van der Waals surface area (Å²) in [5, 5.41) is 15.2. The lowest BCUT2D eigenvalue weighted by Crippen LogP contribution is -2.36. The third-order valence-electron chi connectivity index (χ3n) is 3.70. The molecule has 3 N–H and O–H groups in total. The molecule has 110 valence electrons. The summed E-state index contributed by atoms with van der Waals surface area (Å²) in [6.45, 7) is 1.71. The summed E-state index contributed by atoms with van der Waals surface area (Å²) in [5.41, 5.74) is 1.54. The Morgan fingerprint density at radius 2 is 2.05 bits per heavy atom. The van der Waals surface area contributed by atoms with Crippen LogP contribution in [0.25, 0.3) is 0 Å². The summed E-state index contributed by atoms with van der Waals surface area (Å²) in [6, 6.07) is 7.16. The summed E-state index contributed by atoms with van der Waals surface area (Å²) >= 11 is 0. The minimum atomic E-state index is -0.498. The number of carbonyl (C=O) groups excluding carboxylic acids is 1. The fourth-order valence-electron chi connectivity index (χ4n) is 2.48. The van der Waals surface area contributed by atoms with E-state index in [2.05, 4.69) is 10.6 Å². The summed E-state index contributed by atoms with van der Waals surface area (Å²) in [6.07, 6.45) is 2.57. The molecule has 1 fully saturated rings. The minimum Gasteiger partial charge on any atom is -0.389 e. The Balaban J connectivity index is 1.82. The minimum absolute atomic E-state index is 0.177. The molecule has 0 saturated heterocycles. The molecular formula is C15H22N2O3. The van der Waals surface area contributed by atoms with Crippen LogP contribution in [0.3, 0.4) is 0 Å². The highest BCUT2D eigenvalue weighted by molar-refractivity contribution is 5.89. The van der Waals surface area contributed by atoms with Gasteiger partial charge in [0.05, 0.1) is 12.2 Å². The molecule has 3 atom stereocenters. The first-order valence-corrected chi connectivity index (χ1v) is 6.97. The number of nitrogens with one attached hydrogen (secondary N) is 2. The van der Waals surface area contributed by atoms with E-state index in [1.807, 2.05) is 0 Å². The third kappa shape index (κ3) is 3.95. The quantitative estimate of drug-likeness (QED) is 0.792. The molecule has 0 bridgehead atoms. The zero-order valence-electron chi connectivity index (χ0n) is 11.9. The molecule has 5 nitrogen and oxygen atoms in total. The molecular weight excluding hydrogens is 256 g/mol. The SMILES string of the molecule is COC1CCC(NC(=O)Nc2ccc(C(C)O)cc2)C1. The van der Waals surface area contributed by atoms with Gasteiger partial charge in [-0.15, -0.1) is 0 Å². The van der Waals surface area contributed by atoms with E-state index in [-0.39, 0.29) is 18.2 Å². The number of rotatable bonds is 4. The van der Waals surface area contributed by atoms with Gasteiger partial charge in [-0.05, 0) is 43.9 Å². The van der Waals surface area contributed by atoms with Crippen molar-refractivity contribution in [1.29, 1.82) is 0 Å². The van der Waals surface area contributed by atoms with E-state index >= 15 is 0 Å². The maximum Gasteiger partial charge on any atom is 0.319 e. The molecule has 0 aromatic heterocycles. The number of ether oxygens (including phenoxy) is 1. The monoisotopic (exact) mass is 278 g/mol. The van der Waals surface area contributed by atoms with Crippen LogP contribution < -0.4 is 10.6 Å². The molecule has 1 aliphatic rings. The van der Waals surface area contributed by atoms with E-state index < -0.39 is 6.10 Å². The highest BCUT2D eigenvalue weighted by atomic mass is 16.5. The average Bonchev–Trinajstić information content (AvgIpc) is 2.86. The molecule has 1 aliphatic carbocycles. The summed E-state index contributed by atoms with van der Waals surface area (Å²) < 4.78 is 5.28. The number of aliphatic hydroxyl groups excluding tert-OH is 1. The first-order valence-electron chi connectivity index (χ1n) is 6.97. The van der Waals surface area contributed by atoms with Gasteiger partial charge in [-0.1, -0.05) is 12.1 Å². The van der Waals surface area contributed by atoms with Crippen LogP contribution in [-0.2, 0) is 4.74 Å². The van der Waals surface area contributed by atoms with Gasteiger partial charge in [-0.3, -0.25) is 0 Å². The molecule has 1 aromatic rings. The second kappa shape index (κ2) is 6.72. The Kier molecular flexibility index (Phi) is 4.98. The Hall–Kier alpha value is -1.59. The second-order valence-corrected chi connectivity index (χ2v) is 5.26. The normalized spacial score (nSPS) is 23.4. The molecule has 5 heteroatoms. The smallest absolute Gasteiger partial charge is 0.319 e. The molecule has 1 aromatic carbocycles. The molecule has 0 radical (unpaired) electrons. The molecule has 1 saturated carbocycles. The number of hydrogen-bond acceptors (Lipinski definition) is 3. The van der Waals surface area contributed by atoms with E-state index in [1.165, 1.54) is 0 Å². The van der Waals surface area contributed by atoms with Gasteiger partial charge in [0.2, 0.25) is 0 Å². The van der Waals surface area contributed by atoms with Crippen molar-refractivity contribution >= 4 is 11.7 Å². The van der Waals surface area contributed by atoms with Crippen molar-refractivity contribution in [1.82, 2.24) is 5.32 Å². The van der Waals surface area contributed by atoms with Crippen molar-refractivity contribution in [3.05, 3.63) is 29.8 Å². The van der Waals surface area contributed by atoms with Crippen molar-refractivity contribution in [2.24, 2.45) is 0 Å². The predicted molar refractivity (Wildman–Crippen MR) is 77.7 cm³/mol. The Labute approximate surface area is 119 Å². The number of hydrogen-bond donors (Lipinski definition) is 3. The van der Waals surface area contributed by atoms with E-state index in [0.717, 1.165) is 24.8 Å². The molecule has 2 amide bonds. The van der Waals surface area contributed by atoms with Crippen molar-refractivity contribution in [3.63, 3.8) is 0 Å². The zero-order chi connectivity index (χ0) is 14.5. The molecule has 0 heterocycles. The number of benzene rings is 1. The number of urea groups is 1. The summed E-state index contributed by atoms with van der Waals surface area (Å²) in [4.78, 5) is 11.9. The van der Waals surface area contributed by atoms with Crippen molar-refractivity contribution in [2.45, 2.75) is 44.4 Å². The lowest BCUT2D eigenvalue weighted by atomic mass is 10.1. The van der Waals surface area contributed by atoms with Gasteiger partial charge in [0.1, 0.15) is 0 Å². The fraction of sp³-hybridized carbons (Fsp3) is 0.533. The largest absolute Gasteiger partial charge is 0.389 e. The van der Waals surface area contributed by atoms with Gasteiger partial charge in [0.25, 0.3) is 0 Å². The first-order chi connectivity index (χ1) is 9.58. The molecule has 2 rings (SSSR count). The highest BCUT2D eigenvalue weighted by Crippen LogP contribution is 2.21. The van der Waals surface area contributed by atoms with Crippen molar-refractivity contribution < 1.29 is 14.6 Å². The number of aliphatic hydroxyl groups is 1. The Morgan fingerprint density at radius 1 is 1.35 bits per heavy atom. The number of methoxy groups -OCH3 is 1. The molecule has 0 aliphatic heterocycles. The van der Waals surface area contributed by atoms with Crippen molar-refractivity contribution in [3.8, 4) is 0 Å². The van der Waals surface area contributed by atoms with Crippen LogP contribution in [0.2, 0.25) is 0 Å². The Morgan fingerprint density at radius 3 is 2.60 bits per heavy atom. The zero-order valence-corrected chi connectivity index (χ0v) is 11.9. The van der Waals surface area contributed by atoms with Gasteiger partial charge in [0.15, 0.2) is 0 Å². The maximum atomic E-state index is 11.9. The van der Waals surface area contributed by atoms with E-state index in [1.54, 1.807) is 38.3 Å². The van der Waals surface area contributed by atoms with Crippen LogP contribution in [0.5, 0.6) is 0 Å². The number of carbonyl (C=O) groups is 1. The van der Waals surface area contributed by atoms with E-state index in [0.29, 0.717) is 5.69 Å². The maximum absolute atomic E-state index is 11.9. The van der Waals surface area contributed by atoms with Crippen LogP contribution in [0.1, 0.15) is 37.9 Å². The molecule has 20 heavy (non-hydrogen) atoms. The van der Waals surface area contributed by atoms with Crippen LogP contribution in [0, 0.1) is 0 Å². The van der Waals surface area contributed by atoms with Gasteiger partial charge < -0.3 is 20.5 Å². The van der Waals surface area contributed by atoms with Gasteiger partial charge in [-0.25, -0.2) is 4.79 Å². The van der Waals surface area contributed by atoms with Crippen LogP contribution in [0.15, 0.2) is 24.3 Å². The first kappa shape index (κ1) is 14.8. The topological polar surface area (TPSA) is 70.6 Å². The predicted octanol–water partition coefficient (Wildman–Crippen LogP) is 2.43. The van der Waals surface area contributed by atoms with Gasteiger partial charge >= 0.3 is 6.03 Å². The number of amides is 2. The fourth-order valence-corrected chi connectivity index (χ4v) is 2.48. The van der Waals surface area contributed by atoms with Gasteiger partial charge in [0, 0.05) is 18.8 Å².